The third-order valence-electron chi connectivity index (χ3n) is 1.84. The third-order valence-corrected chi connectivity index (χ3v) is 4.02. The Morgan fingerprint density at radius 2 is 2.06 bits per heavy atom. The fourth-order valence-corrected chi connectivity index (χ4v) is 3.32. The van der Waals surface area contributed by atoms with Crippen molar-refractivity contribution in [2.75, 3.05) is 17.8 Å². The molecule has 0 aliphatic rings. The lowest BCUT2D eigenvalue weighted by Gasteiger charge is -2.03. The minimum absolute atomic E-state index is 0.0582. The summed E-state index contributed by atoms with van der Waals surface area (Å²) in [5.74, 6) is 0.0175. The molecule has 16 heavy (non-hydrogen) atoms. The SMILES string of the molecule is CS(=O)(=O)CCSc1cc(F)cc(CO)c1. The normalized spacial score (nSPS) is 11.7. The number of sulfone groups is 1. The van der Waals surface area contributed by atoms with Crippen molar-refractivity contribution < 1.29 is 17.9 Å². The number of halogens is 1. The molecule has 0 fully saturated rings. The lowest BCUT2D eigenvalue weighted by molar-refractivity contribution is 0.281. The molecular formula is C10H13FO3S2. The Kier molecular flexibility index (Phi) is 4.76. The van der Waals surface area contributed by atoms with Crippen molar-refractivity contribution in [2.24, 2.45) is 0 Å². The van der Waals surface area contributed by atoms with E-state index in [2.05, 4.69) is 0 Å². The fraction of sp³-hybridized carbons (Fsp3) is 0.400. The first-order valence-electron chi connectivity index (χ1n) is 4.61. The molecule has 90 valence electrons. The summed E-state index contributed by atoms with van der Waals surface area (Å²) in [6.07, 6.45) is 1.16. The maximum absolute atomic E-state index is 13.0. The number of rotatable bonds is 5. The number of benzene rings is 1. The number of aliphatic hydroxyl groups excluding tert-OH is 1. The predicted octanol–water partition coefficient (Wildman–Crippen LogP) is 1.45. The maximum Gasteiger partial charge on any atom is 0.148 e. The van der Waals surface area contributed by atoms with E-state index in [1.807, 2.05) is 0 Å². The van der Waals surface area contributed by atoms with Gasteiger partial charge in [-0.2, -0.15) is 0 Å². The van der Waals surface area contributed by atoms with Crippen LogP contribution in [0.2, 0.25) is 0 Å². The van der Waals surface area contributed by atoms with Gasteiger partial charge in [-0.05, 0) is 23.8 Å². The molecule has 0 aliphatic heterocycles. The second-order valence-electron chi connectivity index (χ2n) is 3.43. The van der Waals surface area contributed by atoms with Gasteiger partial charge < -0.3 is 5.11 Å². The van der Waals surface area contributed by atoms with Crippen LogP contribution in [0.3, 0.4) is 0 Å². The van der Waals surface area contributed by atoms with E-state index in [0.29, 0.717) is 16.2 Å². The lowest BCUT2D eigenvalue weighted by atomic mass is 10.2. The van der Waals surface area contributed by atoms with Crippen LogP contribution in [-0.2, 0) is 16.4 Å². The zero-order valence-electron chi connectivity index (χ0n) is 8.81. The van der Waals surface area contributed by atoms with Crippen molar-refractivity contribution >= 4 is 21.6 Å². The van der Waals surface area contributed by atoms with Crippen molar-refractivity contribution in [2.45, 2.75) is 11.5 Å². The number of hydrogen-bond acceptors (Lipinski definition) is 4. The Morgan fingerprint density at radius 1 is 1.38 bits per heavy atom. The molecule has 1 aromatic rings. The summed E-state index contributed by atoms with van der Waals surface area (Å²) in [5, 5.41) is 8.87. The molecule has 3 nitrogen and oxygen atoms in total. The lowest BCUT2D eigenvalue weighted by Crippen LogP contribution is -2.04. The highest BCUT2D eigenvalue weighted by Crippen LogP contribution is 2.21. The second kappa shape index (κ2) is 5.65. The van der Waals surface area contributed by atoms with E-state index in [-0.39, 0.29) is 12.4 Å². The van der Waals surface area contributed by atoms with Crippen LogP contribution in [-0.4, -0.2) is 31.3 Å². The van der Waals surface area contributed by atoms with Gasteiger partial charge in [-0.3, -0.25) is 0 Å². The Balaban J connectivity index is 2.63. The Morgan fingerprint density at radius 3 is 2.62 bits per heavy atom. The molecule has 0 atom stereocenters. The molecule has 0 saturated heterocycles. The first-order chi connectivity index (χ1) is 7.40. The van der Waals surface area contributed by atoms with Crippen LogP contribution in [0, 0.1) is 5.82 Å². The van der Waals surface area contributed by atoms with Crippen LogP contribution in [0.25, 0.3) is 0 Å². The standard InChI is InChI=1S/C10H13FO3S2/c1-16(13,14)3-2-15-10-5-8(7-12)4-9(11)6-10/h4-6,12H,2-3,7H2,1H3. The molecule has 1 aromatic carbocycles. The molecule has 1 rings (SSSR count). The molecule has 0 unspecified atom stereocenters. The monoisotopic (exact) mass is 264 g/mol. The first-order valence-corrected chi connectivity index (χ1v) is 7.66. The maximum atomic E-state index is 13.0. The van der Waals surface area contributed by atoms with Crippen molar-refractivity contribution in [1.82, 2.24) is 0 Å². The van der Waals surface area contributed by atoms with Gasteiger partial charge in [0.2, 0.25) is 0 Å². The van der Waals surface area contributed by atoms with Crippen LogP contribution in [0.15, 0.2) is 23.1 Å². The molecule has 1 N–H and O–H groups in total. The number of hydrogen-bond donors (Lipinski definition) is 1. The molecule has 0 saturated carbocycles. The van der Waals surface area contributed by atoms with Crippen molar-refractivity contribution in [3.63, 3.8) is 0 Å². The average Bonchev–Trinajstić information content (AvgIpc) is 2.14. The summed E-state index contributed by atoms with van der Waals surface area (Å²) in [4.78, 5) is 0.632. The topological polar surface area (TPSA) is 54.4 Å². The third kappa shape index (κ3) is 4.96. The van der Waals surface area contributed by atoms with Crippen LogP contribution in [0.1, 0.15) is 5.56 Å². The van der Waals surface area contributed by atoms with Crippen LogP contribution in [0.5, 0.6) is 0 Å². The van der Waals surface area contributed by atoms with Gasteiger partial charge in [-0.25, -0.2) is 12.8 Å². The van der Waals surface area contributed by atoms with E-state index in [4.69, 9.17) is 5.11 Å². The van der Waals surface area contributed by atoms with E-state index in [9.17, 15) is 12.8 Å². The van der Waals surface area contributed by atoms with Crippen molar-refractivity contribution in [3.8, 4) is 0 Å². The molecule has 0 spiro atoms. The highest BCUT2D eigenvalue weighted by molar-refractivity contribution is 8.00. The van der Waals surface area contributed by atoms with Crippen LogP contribution in [0.4, 0.5) is 4.39 Å². The molecule has 0 aliphatic carbocycles. The molecule has 6 heteroatoms. The van der Waals surface area contributed by atoms with Crippen LogP contribution < -0.4 is 0 Å². The van der Waals surface area contributed by atoms with Gasteiger partial charge in [0.05, 0.1) is 12.4 Å². The van der Waals surface area contributed by atoms with Gasteiger partial charge >= 0.3 is 0 Å². The summed E-state index contributed by atoms with van der Waals surface area (Å²) < 4.78 is 34.8. The smallest absolute Gasteiger partial charge is 0.148 e. The van der Waals surface area contributed by atoms with E-state index < -0.39 is 15.7 Å². The molecular weight excluding hydrogens is 251 g/mol. The van der Waals surface area contributed by atoms with Gasteiger partial charge in [0.1, 0.15) is 15.7 Å². The number of thioether (sulfide) groups is 1. The quantitative estimate of drug-likeness (QED) is 0.818. The zero-order chi connectivity index (χ0) is 12.2. The Labute approximate surface area is 98.6 Å². The minimum Gasteiger partial charge on any atom is -0.392 e. The number of aliphatic hydroxyl groups is 1. The largest absolute Gasteiger partial charge is 0.392 e. The van der Waals surface area contributed by atoms with E-state index in [1.54, 1.807) is 6.07 Å². The van der Waals surface area contributed by atoms with Crippen LogP contribution >= 0.6 is 11.8 Å². The summed E-state index contributed by atoms with van der Waals surface area (Å²) in [7, 11) is -2.98. The second-order valence-corrected chi connectivity index (χ2v) is 6.86. The average molecular weight is 264 g/mol. The summed E-state index contributed by atoms with van der Waals surface area (Å²) in [6.45, 7) is -0.225. The Bertz CT molecular complexity index is 457. The molecule has 0 heterocycles. The summed E-state index contributed by atoms with van der Waals surface area (Å²) in [5.41, 5.74) is 0.488. The zero-order valence-corrected chi connectivity index (χ0v) is 10.4. The molecule has 0 aromatic heterocycles. The van der Waals surface area contributed by atoms with Gasteiger partial charge in [-0.1, -0.05) is 0 Å². The van der Waals surface area contributed by atoms with Gasteiger partial charge in [-0.15, -0.1) is 11.8 Å². The van der Waals surface area contributed by atoms with Gasteiger partial charge in [0, 0.05) is 16.9 Å². The summed E-state index contributed by atoms with van der Waals surface area (Å²) >= 11 is 1.26. The highest BCUT2D eigenvalue weighted by Gasteiger charge is 2.04. The van der Waals surface area contributed by atoms with E-state index >= 15 is 0 Å². The van der Waals surface area contributed by atoms with Gasteiger partial charge in [0.15, 0.2) is 0 Å². The van der Waals surface area contributed by atoms with E-state index in [1.165, 1.54) is 23.9 Å². The Hall–Kier alpha value is -0.590. The minimum atomic E-state index is -2.98. The fourth-order valence-electron chi connectivity index (χ4n) is 1.11. The molecule has 0 bridgehead atoms. The van der Waals surface area contributed by atoms with E-state index in [0.717, 1.165) is 6.26 Å². The van der Waals surface area contributed by atoms with Crippen molar-refractivity contribution in [1.29, 1.82) is 0 Å². The molecule has 0 radical (unpaired) electrons. The van der Waals surface area contributed by atoms with Crippen molar-refractivity contribution in [3.05, 3.63) is 29.6 Å². The first kappa shape index (κ1) is 13.5. The molecule has 0 amide bonds. The highest BCUT2D eigenvalue weighted by atomic mass is 32.2. The predicted molar refractivity (Wildman–Crippen MR) is 62.8 cm³/mol. The summed E-state index contributed by atoms with van der Waals surface area (Å²) in [6, 6.07) is 4.22. The van der Waals surface area contributed by atoms with Gasteiger partial charge in [0.25, 0.3) is 0 Å².